The van der Waals surface area contributed by atoms with Crippen LogP contribution < -0.4 is 0 Å². The quantitative estimate of drug-likeness (QED) is 0.844. The summed E-state index contributed by atoms with van der Waals surface area (Å²) in [4.78, 5) is 29.5. The van der Waals surface area contributed by atoms with Gasteiger partial charge in [-0.25, -0.2) is 0 Å². The largest absolute Gasteiger partial charge is 0.336 e. The zero-order chi connectivity index (χ0) is 18.5. The molecule has 1 fully saturated rings. The van der Waals surface area contributed by atoms with Gasteiger partial charge in [0.15, 0.2) is 0 Å². The van der Waals surface area contributed by atoms with Crippen LogP contribution in [0, 0.1) is 6.92 Å². The van der Waals surface area contributed by atoms with Crippen LogP contribution in [0.4, 0.5) is 0 Å². The number of aryl methyl sites for hydroxylation is 1. The second kappa shape index (κ2) is 8.17. The van der Waals surface area contributed by atoms with Gasteiger partial charge in [-0.1, -0.05) is 55.5 Å². The van der Waals surface area contributed by atoms with E-state index in [-0.39, 0.29) is 17.9 Å². The molecule has 4 heteroatoms. The summed E-state index contributed by atoms with van der Waals surface area (Å²) in [5, 5.41) is 0. The minimum atomic E-state index is 0.0240. The molecule has 1 saturated heterocycles. The fourth-order valence-electron chi connectivity index (χ4n) is 3.54. The molecule has 0 spiro atoms. The van der Waals surface area contributed by atoms with Crippen molar-refractivity contribution in [3.05, 3.63) is 71.3 Å². The zero-order valence-electron chi connectivity index (χ0n) is 15.5. The third-order valence-corrected chi connectivity index (χ3v) is 5.12. The molecule has 1 aliphatic rings. The van der Waals surface area contributed by atoms with Crippen LogP contribution >= 0.6 is 0 Å². The number of nitrogens with zero attached hydrogens (tertiary/aromatic N) is 2. The van der Waals surface area contributed by atoms with Crippen molar-refractivity contribution in [1.29, 1.82) is 0 Å². The molecule has 0 bridgehead atoms. The summed E-state index contributed by atoms with van der Waals surface area (Å²) >= 11 is 0. The lowest BCUT2D eigenvalue weighted by molar-refractivity contribution is -0.133. The molecule has 2 amide bonds. The Hall–Kier alpha value is -2.62. The van der Waals surface area contributed by atoms with Crippen molar-refractivity contribution in [2.45, 2.75) is 39.3 Å². The molecule has 4 nitrogen and oxygen atoms in total. The van der Waals surface area contributed by atoms with Gasteiger partial charge in [-0.05, 0) is 30.5 Å². The Morgan fingerprint density at radius 3 is 2.46 bits per heavy atom. The summed E-state index contributed by atoms with van der Waals surface area (Å²) < 4.78 is 0. The van der Waals surface area contributed by atoms with Gasteiger partial charge in [-0.2, -0.15) is 0 Å². The number of hydrogen-bond acceptors (Lipinski definition) is 2. The molecule has 1 atom stereocenters. The first-order valence-corrected chi connectivity index (χ1v) is 9.28. The van der Waals surface area contributed by atoms with E-state index in [1.54, 1.807) is 0 Å². The van der Waals surface area contributed by atoms with Crippen LogP contribution in [0.2, 0.25) is 0 Å². The molecule has 2 aromatic rings. The maximum absolute atomic E-state index is 13.0. The van der Waals surface area contributed by atoms with Gasteiger partial charge in [0, 0.05) is 37.7 Å². The van der Waals surface area contributed by atoms with Crippen LogP contribution in [0.25, 0.3) is 0 Å². The third-order valence-electron chi connectivity index (χ3n) is 5.12. The van der Waals surface area contributed by atoms with Crippen LogP contribution in [0.1, 0.15) is 41.3 Å². The van der Waals surface area contributed by atoms with Crippen LogP contribution in [-0.2, 0) is 11.3 Å². The lowest BCUT2D eigenvalue weighted by atomic mass is 10.1. The minimum absolute atomic E-state index is 0.0240. The van der Waals surface area contributed by atoms with E-state index < -0.39 is 0 Å². The summed E-state index contributed by atoms with van der Waals surface area (Å²) in [5.41, 5.74) is 2.83. The van der Waals surface area contributed by atoms with E-state index >= 15 is 0 Å². The van der Waals surface area contributed by atoms with Crippen molar-refractivity contribution in [1.82, 2.24) is 9.80 Å². The molecule has 0 N–H and O–H groups in total. The fraction of sp³-hybridized carbons (Fsp3) is 0.364. The molecule has 3 rings (SSSR count). The van der Waals surface area contributed by atoms with E-state index in [4.69, 9.17) is 0 Å². The number of carbonyl (C=O) groups is 2. The van der Waals surface area contributed by atoms with Gasteiger partial charge in [-0.3, -0.25) is 9.59 Å². The lowest BCUT2D eigenvalue weighted by Gasteiger charge is -2.31. The number of hydrogen-bond donors (Lipinski definition) is 0. The summed E-state index contributed by atoms with van der Waals surface area (Å²) in [6, 6.07) is 17.7. The van der Waals surface area contributed by atoms with E-state index in [0.717, 1.165) is 23.1 Å². The summed E-state index contributed by atoms with van der Waals surface area (Å²) in [6.45, 7) is 5.70. The molecule has 1 heterocycles. The van der Waals surface area contributed by atoms with Gasteiger partial charge in [0.2, 0.25) is 5.91 Å². The van der Waals surface area contributed by atoms with Gasteiger partial charge in [0.1, 0.15) is 0 Å². The maximum atomic E-state index is 13.0. The molecule has 2 aromatic carbocycles. The molecule has 0 aliphatic carbocycles. The molecule has 136 valence electrons. The summed E-state index contributed by atoms with van der Waals surface area (Å²) in [5.74, 6) is 0.150. The normalized spacial score (nSPS) is 17.9. The number of rotatable bonds is 4. The number of carbonyl (C=O) groups excluding carboxylic acids is 2. The van der Waals surface area contributed by atoms with Gasteiger partial charge >= 0.3 is 0 Å². The smallest absolute Gasteiger partial charge is 0.254 e. The van der Waals surface area contributed by atoms with Crippen molar-refractivity contribution >= 4 is 11.8 Å². The Balaban J connectivity index is 1.80. The van der Waals surface area contributed by atoms with Crippen LogP contribution in [0.5, 0.6) is 0 Å². The number of benzene rings is 2. The molecule has 0 aromatic heterocycles. The van der Waals surface area contributed by atoms with Gasteiger partial charge in [0.05, 0.1) is 0 Å². The average Bonchev–Trinajstić information content (AvgIpc) is 2.82. The van der Waals surface area contributed by atoms with Crippen molar-refractivity contribution in [3.8, 4) is 0 Å². The van der Waals surface area contributed by atoms with Gasteiger partial charge in [0.25, 0.3) is 5.91 Å². The Kier molecular flexibility index (Phi) is 5.71. The topological polar surface area (TPSA) is 40.6 Å². The predicted molar refractivity (Wildman–Crippen MR) is 103 cm³/mol. The van der Waals surface area contributed by atoms with Crippen molar-refractivity contribution in [2.75, 3.05) is 13.1 Å². The second-order valence-electron chi connectivity index (χ2n) is 6.89. The van der Waals surface area contributed by atoms with E-state index in [1.165, 1.54) is 0 Å². The second-order valence-corrected chi connectivity index (χ2v) is 6.89. The Labute approximate surface area is 155 Å². The highest BCUT2D eigenvalue weighted by atomic mass is 16.2. The lowest BCUT2D eigenvalue weighted by Crippen LogP contribution is -2.43. The monoisotopic (exact) mass is 350 g/mol. The SMILES string of the molecule is CCC1CN(C(=O)c2ccccc2C)CCC(=O)N1Cc1ccccc1. The zero-order valence-corrected chi connectivity index (χ0v) is 15.5. The van der Waals surface area contributed by atoms with Crippen LogP contribution in [0.3, 0.4) is 0 Å². The number of amides is 2. The van der Waals surface area contributed by atoms with E-state index in [1.807, 2.05) is 71.3 Å². The van der Waals surface area contributed by atoms with Crippen molar-refractivity contribution < 1.29 is 9.59 Å². The molecule has 1 unspecified atom stereocenters. The maximum Gasteiger partial charge on any atom is 0.254 e. The van der Waals surface area contributed by atoms with Crippen molar-refractivity contribution in [2.24, 2.45) is 0 Å². The Morgan fingerprint density at radius 1 is 1.08 bits per heavy atom. The van der Waals surface area contributed by atoms with E-state index in [0.29, 0.717) is 26.1 Å². The standard InChI is InChI=1S/C22H26N2O2/c1-3-19-16-23(22(26)20-12-8-7-9-17(20)2)14-13-21(25)24(19)15-18-10-5-4-6-11-18/h4-12,19H,3,13-16H2,1-2H3. The Morgan fingerprint density at radius 2 is 1.77 bits per heavy atom. The van der Waals surface area contributed by atoms with E-state index in [9.17, 15) is 9.59 Å². The highest BCUT2D eigenvalue weighted by Crippen LogP contribution is 2.20. The third kappa shape index (κ3) is 3.96. The molecular weight excluding hydrogens is 324 g/mol. The first-order chi connectivity index (χ1) is 12.6. The van der Waals surface area contributed by atoms with Crippen molar-refractivity contribution in [3.63, 3.8) is 0 Å². The molecule has 0 radical (unpaired) electrons. The summed E-state index contributed by atoms with van der Waals surface area (Å²) in [7, 11) is 0. The first-order valence-electron chi connectivity index (χ1n) is 9.28. The summed E-state index contributed by atoms with van der Waals surface area (Å²) in [6.07, 6.45) is 1.21. The fourth-order valence-corrected chi connectivity index (χ4v) is 3.54. The molecular formula is C22H26N2O2. The highest BCUT2D eigenvalue weighted by molar-refractivity contribution is 5.96. The van der Waals surface area contributed by atoms with Crippen LogP contribution in [-0.4, -0.2) is 40.7 Å². The van der Waals surface area contributed by atoms with Gasteiger partial charge in [-0.15, -0.1) is 0 Å². The highest BCUT2D eigenvalue weighted by Gasteiger charge is 2.31. The first kappa shape index (κ1) is 18.2. The average molecular weight is 350 g/mol. The molecule has 1 aliphatic heterocycles. The van der Waals surface area contributed by atoms with Crippen LogP contribution in [0.15, 0.2) is 54.6 Å². The molecule has 0 saturated carbocycles. The van der Waals surface area contributed by atoms with Gasteiger partial charge < -0.3 is 9.80 Å². The van der Waals surface area contributed by atoms with E-state index in [2.05, 4.69) is 6.92 Å². The molecule has 26 heavy (non-hydrogen) atoms. The predicted octanol–water partition coefficient (Wildman–Crippen LogP) is 3.65. The minimum Gasteiger partial charge on any atom is -0.336 e. The Bertz CT molecular complexity index is 773.